The lowest BCUT2D eigenvalue weighted by Gasteiger charge is -2.20. The third-order valence-corrected chi connectivity index (χ3v) is 8.16. The molecule has 4 aromatic carbocycles. The molecule has 0 spiro atoms. The van der Waals surface area contributed by atoms with Crippen molar-refractivity contribution in [1.82, 2.24) is 19.3 Å². The molecule has 0 saturated carbocycles. The molecule has 3 aromatic heterocycles. The standard InChI is InChI=1S/C38H34N4O/c1-25-10-8-11-26(2)37(25)27-23-40-41(24-27)29-12-9-13-30(21-29)43-31-16-17-33-32-14-6-7-15-34(32)42(35(33)22-31)36-20-28(18-19-39-36)38(3,4)5/h6-24H,1-5H3. The molecule has 212 valence electrons. The maximum Gasteiger partial charge on any atom is 0.137 e. The van der Waals surface area contributed by atoms with Crippen molar-refractivity contribution in [3.8, 4) is 34.1 Å². The van der Waals surface area contributed by atoms with Crippen molar-refractivity contribution in [3.05, 3.63) is 132 Å². The number of hydrogen-bond acceptors (Lipinski definition) is 3. The van der Waals surface area contributed by atoms with Crippen LogP contribution >= 0.6 is 0 Å². The fourth-order valence-corrected chi connectivity index (χ4v) is 5.96. The molecule has 7 aromatic rings. The first-order valence-corrected chi connectivity index (χ1v) is 14.7. The molecule has 0 aliphatic carbocycles. The molecule has 5 nitrogen and oxygen atoms in total. The Hall–Kier alpha value is -5.16. The fourth-order valence-electron chi connectivity index (χ4n) is 5.96. The Labute approximate surface area is 252 Å². The molecule has 0 radical (unpaired) electrons. The largest absolute Gasteiger partial charge is 0.457 e. The Kier molecular flexibility index (Phi) is 6.39. The zero-order chi connectivity index (χ0) is 29.7. The van der Waals surface area contributed by atoms with Crippen LogP contribution in [0.15, 0.2) is 116 Å². The summed E-state index contributed by atoms with van der Waals surface area (Å²) in [5.74, 6) is 2.41. The smallest absolute Gasteiger partial charge is 0.137 e. The van der Waals surface area contributed by atoms with Crippen molar-refractivity contribution in [2.24, 2.45) is 0 Å². The van der Waals surface area contributed by atoms with Crippen molar-refractivity contribution in [2.45, 2.75) is 40.0 Å². The van der Waals surface area contributed by atoms with Gasteiger partial charge in [0, 0.05) is 40.9 Å². The van der Waals surface area contributed by atoms with E-state index in [1.165, 1.54) is 27.6 Å². The summed E-state index contributed by atoms with van der Waals surface area (Å²) in [6, 6.07) is 33.5. The average molecular weight is 563 g/mol. The van der Waals surface area contributed by atoms with Crippen LogP contribution in [0, 0.1) is 13.8 Å². The molecule has 0 saturated heterocycles. The van der Waals surface area contributed by atoms with E-state index in [1.807, 2.05) is 47.4 Å². The summed E-state index contributed by atoms with van der Waals surface area (Å²) >= 11 is 0. The minimum atomic E-state index is 0.0177. The summed E-state index contributed by atoms with van der Waals surface area (Å²) in [7, 11) is 0. The van der Waals surface area contributed by atoms with Gasteiger partial charge in [-0.3, -0.25) is 4.57 Å². The number of ether oxygens (including phenoxy) is 1. The molecule has 0 aliphatic heterocycles. The highest BCUT2D eigenvalue weighted by Gasteiger charge is 2.18. The second-order valence-electron chi connectivity index (χ2n) is 12.2. The lowest BCUT2D eigenvalue weighted by molar-refractivity contribution is 0.483. The van der Waals surface area contributed by atoms with Crippen LogP contribution in [0.25, 0.3) is 44.4 Å². The molecule has 5 heteroatoms. The number of pyridine rings is 1. The third-order valence-electron chi connectivity index (χ3n) is 8.16. The Morgan fingerprint density at radius 1 is 0.698 bits per heavy atom. The van der Waals surface area contributed by atoms with Crippen molar-refractivity contribution in [3.63, 3.8) is 0 Å². The summed E-state index contributed by atoms with van der Waals surface area (Å²) in [4.78, 5) is 4.80. The number of aromatic nitrogens is 4. The van der Waals surface area contributed by atoms with Gasteiger partial charge < -0.3 is 4.74 Å². The number of aryl methyl sites for hydroxylation is 2. The number of hydrogen-bond donors (Lipinski definition) is 0. The Morgan fingerprint density at radius 3 is 2.26 bits per heavy atom. The van der Waals surface area contributed by atoms with Gasteiger partial charge in [-0.25, -0.2) is 9.67 Å². The first kappa shape index (κ1) is 26.7. The number of nitrogens with zero attached hydrogens (tertiary/aromatic N) is 4. The van der Waals surface area contributed by atoms with Gasteiger partial charge in [-0.2, -0.15) is 5.10 Å². The van der Waals surface area contributed by atoms with E-state index in [-0.39, 0.29) is 5.41 Å². The zero-order valence-electron chi connectivity index (χ0n) is 25.2. The van der Waals surface area contributed by atoms with Crippen LogP contribution in [0.2, 0.25) is 0 Å². The fraction of sp³-hybridized carbons (Fsp3) is 0.158. The molecule has 7 rings (SSSR count). The highest BCUT2D eigenvalue weighted by Crippen LogP contribution is 2.36. The van der Waals surface area contributed by atoms with Gasteiger partial charge in [0.1, 0.15) is 17.3 Å². The van der Waals surface area contributed by atoms with Crippen LogP contribution in [0.3, 0.4) is 0 Å². The summed E-state index contributed by atoms with van der Waals surface area (Å²) in [6.07, 6.45) is 5.92. The quantitative estimate of drug-likeness (QED) is 0.210. The van der Waals surface area contributed by atoms with Gasteiger partial charge in [0.2, 0.25) is 0 Å². The first-order chi connectivity index (χ1) is 20.8. The predicted octanol–water partition coefficient (Wildman–Crippen LogP) is 9.74. The predicted molar refractivity (Wildman–Crippen MR) is 176 cm³/mol. The maximum atomic E-state index is 6.47. The van der Waals surface area contributed by atoms with E-state index in [0.717, 1.165) is 45.0 Å². The lowest BCUT2D eigenvalue weighted by Crippen LogP contribution is -2.12. The Balaban J connectivity index is 1.26. The monoisotopic (exact) mass is 562 g/mol. The van der Waals surface area contributed by atoms with Crippen LogP contribution in [-0.4, -0.2) is 19.3 Å². The van der Waals surface area contributed by atoms with E-state index >= 15 is 0 Å². The van der Waals surface area contributed by atoms with Crippen molar-refractivity contribution in [2.75, 3.05) is 0 Å². The third kappa shape index (κ3) is 4.87. The number of rotatable bonds is 5. The average Bonchev–Trinajstić information content (AvgIpc) is 3.60. The minimum absolute atomic E-state index is 0.0177. The van der Waals surface area contributed by atoms with Gasteiger partial charge in [-0.1, -0.05) is 63.2 Å². The number of benzene rings is 4. The molecule has 0 unspecified atom stereocenters. The van der Waals surface area contributed by atoms with E-state index in [2.05, 4.69) is 117 Å². The molecular formula is C38H34N4O. The summed E-state index contributed by atoms with van der Waals surface area (Å²) < 4.78 is 10.6. The van der Waals surface area contributed by atoms with Gasteiger partial charge in [0.25, 0.3) is 0 Å². The highest BCUT2D eigenvalue weighted by molar-refractivity contribution is 6.09. The van der Waals surface area contributed by atoms with Crippen LogP contribution < -0.4 is 4.74 Å². The van der Waals surface area contributed by atoms with Gasteiger partial charge >= 0.3 is 0 Å². The molecule has 0 amide bonds. The van der Waals surface area contributed by atoms with Crippen LogP contribution in [0.4, 0.5) is 0 Å². The lowest BCUT2D eigenvalue weighted by atomic mass is 9.88. The van der Waals surface area contributed by atoms with Crippen molar-refractivity contribution in [1.29, 1.82) is 0 Å². The zero-order valence-corrected chi connectivity index (χ0v) is 25.2. The molecular weight excluding hydrogens is 528 g/mol. The maximum absolute atomic E-state index is 6.47. The molecule has 0 aliphatic rings. The van der Waals surface area contributed by atoms with E-state index in [4.69, 9.17) is 9.72 Å². The molecule has 0 bridgehead atoms. The summed E-state index contributed by atoms with van der Waals surface area (Å²) in [6.45, 7) is 11.0. The van der Waals surface area contributed by atoms with Gasteiger partial charge in [0.15, 0.2) is 0 Å². The van der Waals surface area contributed by atoms with Crippen molar-refractivity contribution < 1.29 is 4.74 Å². The number of para-hydroxylation sites is 1. The highest BCUT2D eigenvalue weighted by atomic mass is 16.5. The summed E-state index contributed by atoms with van der Waals surface area (Å²) in [5.41, 5.74) is 9.18. The van der Waals surface area contributed by atoms with E-state index in [9.17, 15) is 0 Å². The topological polar surface area (TPSA) is 44.9 Å². The Bertz CT molecular complexity index is 2110. The molecule has 0 N–H and O–H groups in total. The first-order valence-electron chi connectivity index (χ1n) is 14.7. The van der Waals surface area contributed by atoms with E-state index < -0.39 is 0 Å². The molecule has 43 heavy (non-hydrogen) atoms. The van der Waals surface area contributed by atoms with E-state index in [1.54, 1.807) is 0 Å². The SMILES string of the molecule is Cc1cccc(C)c1-c1cnn(-c2cccc(Oc3ccc4c5ccccc5n(-c5cc(C(C)(C)C)ccn5)c4c3)c2)c1. The Morgan fingerprint density at radius 2 is 1.44 bits per heavy atom. The van der Waals surface area contributed by atoms with Gasteiger partial charge in [-0.15, -0.1) is 0 Å². The van der Waals surface area contributed by atoms with Crippen LogP contribution in [0.1, 0.15) is 37.5 Å². The normalized spacial score (nSPS) is 11.8. The molecule has 0 fully saturated rings. The van der Waals surface area contributed by atoms with Crippen LogP contribution in [0.5, 0.6) is 11.5 Å². The molecule has 0 atom stereocenters. The second kappa shape index (κ2) is 10.3. The van der Waals surface area contributed by atoms with E-state index in [0.29, 0.717) is 0 Å². The number of fused-ring (bicyclic) bond motifs is 3. The van der Waals surface area contributed by atoms with Gasteiger partial charge in [-0.05, 0) is 84.0 Å². The van der Waals surface area contributed by atoms with Crippen molar-refractivity contribution >= 4 is 21.8 Å². The van der Waals surface area contributed by atoms with Gasteiger partial charge in [0.05, 0.1) is 22.9 Å². The minimum Gasteiger partial charge on any atom is -0.457 e. The van der Waals surface area contributed by atoms with Crippen LogP contribution in [-0.2, 0) is 5.41 Å². The second-order valence-corrected chi connectivity index (χ2v) is 12.2. The molecule has 3 heterocycles. The summed E-state index contributed by atoms with van der Waals surface area (Å²) in [5, 5.41) is 7.03.